The van der Waals surface area contributed by atoms with Gasteiger partial charge in [-0.1, -0.05) is 32.9 Å². The van der Waals surface area contributed by atoms with Crippen LogP contribution in [0.2, 0.25) is 0 Å². The number of hydrogen-bond donors (Lipinski definition) is 1. The Bertz CT molecular complexity index is 838. The molecule has 6 nitrogen and oxygen atoms in total. The highest BCUT2D eigenvalue weighted by Gasteiger charge is 2.23. The molecule has 1 aliphatic rings. The number of sulfonamides is 1. The number of anilines is 1. The molecule has 0 spiro atoms. The lowest BCUT2D eigenvalue weighted by Gasteiger charge is -2.32. The topological polar surface area (TPSA) is 75.2 Å². The quantitative estimate of drug-likeness (QED) is 0.852. The zero-order valence-electron chi connectivity index (χ0n) is 16.2. The summed E-state index contributed by atoms with van der Waals surface area (Å²) >= 11 is 0. The van der Waals surface area contributed by atoms with E-state index in [0.29, 0.717) is 17.4 Å². The normalized spacial score (nSPS) is 16.5. The number of aromatic nitrogens is 2. The minimum absolute atomic E-state index is 0.00677. The molecule has 2 aromatic rings. The summed E-state index contributed by atoms with van der Waals surface area (Å²) in [5.74, 6) is 1.22. The summed E-state index contributed by atoms with van der Waals surface area (Å²) in [4.78, 5) is 11.0. The molecule has 3 rings (SSSR count). The number of nitrogens with one attached hydrogen (secondary N) is 1. The fraction of sp³-hybridized carbons (Fsp3) is 0.500. The van der Waals surface area contributed by atoms with E-state index >= 15 is 0 Å². The minimum Gasteiger partial charge on any atom is -0.355 e. The fourth-order valence-corrected chi connectivity index (χ4v) is 4.38. The van der Waals surface area contributed by atoms with Crippen LogP contribution in [0.15, 0.2) is 47.8 Å². The van der Waals surface area contributed by atoms with Gasteiger partial charge in [-0.15, -0.1) is 0 Å². The first-order valence-electron chi connectivity index (χ1n) is 9.37. The Hall–Kier alpha value is -1.99. The van der Waals surface area contributed by atoms with Crippen molar-refractivity contribution in [3.8, 4) is 0 Å². The molecule has 0 aliphatic carbocycles. The summed E-state index contributed by atoms with van der Waals surface area (Å²) in [6.07, 6.45) is 6.99. The number of hydrogen-bond acceptors (Lipinski definition) is 5. The Morgan fingerprint density at radius 2 is 1.78 bits per heavy atom. The molecule has 0 unspecified atom stereocenters. The van der Waals surface area contributed by atoms with Gasteiger partial charge in [-0.25, -0.2) is 18.1 Å². The van der Waals surface area contributed by atoms with Crippen LogP contribution >= 0.6 is 0 Å². The molecule has 1 aromatic heterocycles. The Balaban J connectivity index is 1.54. The van der Waals surface area contributed by atoms with Gasteiger partial charge in [0.25, 0.3) is 0 Å². The van der Waals surface area contributed by atoms with Crippen molar-refractivity contribution in [2.75, 3.05) is 24.5 Å². The summed E-state index contributed by atoms with van der Waals surface area (Å²) in [5.41, 5.74) is 1.13. The maximum atomic E-state index is 12.6. The molecule has 0 atom stereocenters. The number of piperidine rings is 1. The van der Waals surface area contributed by atoms with Gasteiger partial charge in [0.05, 0.1) is 11.1 Å². The highest BCUT2D eigenvalue weighted by Crippen LogP contribution is 2.24. The first-order valence-corrected chi connectivity index (χ1v) is 10.9. The Morgan fingerprint density at radius 1 is 1.11 bits per heavy atom. The number of rotatable bonds is 5. The van der Waals surface area contributed by atoms with Crippen molar-refractivity contribution < 1.29 is 8.42 Å². The molecule has 0 radical (unpaired) electrons. The molecule has 1 N–H and O–H groups in total. The smallest absolute Gasteiger partial charge is 0.240 e. The average Bonchev–Trinajstić information content (AvgIpc) is 2.67. The predicted octanol–water partition coefficient (Wildman–Crippen LogP) is 2.97. The third-order valence-electron chi connectivity index (χ3n) is 5.08. The number of benzene rings is 1. The van der Waals surface area contributed by atoms with E-state index in [1.807, 2.05) is 12.1 Å². The molecular weight excluding hydrogens is 360 g/mol. The van der Waals surface area contributed by atoms with Crippen molar-refractivity contribution >= 4 is 15.8 Å². The molecule has 1 aromatic carbocycles. The zero-order chi connectivity index (χ0) is 19.5. The van der Waals surface area contributed by atoms with E-state index in [1.54, 1.807) is 30.7 Å². The molecule has 1 saturated heterocycles. The van der Waals surface area contributed by atoms with E-state index in [9.17, 15) is 8.42 Å². The van der Waals surface area contributed by atoms with Crippen molar-refractivity contribution in [3.05, 3.63) is 48.4 Å². The van der Waals surface area contributed by atoms with Crippen LogP contribution in [0.1, 0.15) is 39.2 Å². The highest BCUT2D eigenvalue weighted by molar-refractivity contribution is 7.89. The second-order valence-electron chi connectivity index (χ2n) is 8.12. The van der Waals surface area contributed by atoms with Crippen molar-refractivity contribution in [1.29, 1.82) is 0 Å². The van der Waals surface area contributed by atoms with Gasteiger partial charge < -0.3 is 4.90 Å². The van der Waals surface area contributed by atoms with E-state index in [-0.39, 0.29) is 5.41 Å². The van der Waals surface area contributed by atoms with Crippen molar-refractivity contribution in [3.63, 3.8) is 0 Å². The Labute approximate surface area is 162 Å². The molecule has 2 heterocycles. The largest absolute Gasteiger partial charge is 0.355 e. The first kappa shape index (κ1) is 19.8. The van der Waals surface area contributed by atoms with E-state index < -0.39 is 10.0 Å². The lowest BCUT2D eigenvalue weighted by molar-refractivity contribution is 0.400. The van der Waals surface area contributed by atoms with Gasteiger partial charge in [0.15, 0.2) is 0 Å². The van der Waals surface area contributed by atoms with Crippen molar-refractivity contribution in [2.24, 2.45) is 5.92 Å². The molecule has 7 heteroatoms. The summed E-state index contributed by atoms with van der Waals surface area (Å²) in [6.45, 7) is 8.54. The van der Waals surface area contributed by atoms with Gasteiger partial charge in [0.2, 0.25) is 10.0 Å². The fourth-order valence-electron chi connectivity index (χ4n) is 3.27. The van der Waals surface area contributed by atoms with Crippen LogP contribution in [0, 0.1) is 5.92 Å². The van der Waals surface area contributed by atoms with Crippen LogP contribution in [-0.4, -0.2) is 38.0 Å². The van der Waals surface area contributed by atoms with Crippen molar-refractivity contribution in [2.45, 2.75) is 43.9 Å². The predicted molar refractivity (Wildman–Crippen MR) is 107 cm³/mol. The summed E-state index contributed by atoms with van der Waals surface area (Å²) in [7, 11) is -3.47. The van der Waals surface area contributed by atoms with Gasteiger partial charge in [-0.2, -0.15) is 0 Å². The molecule has 1 aliphatic heterocycles. The Morgan fingerprint density at radius 3 is 2.33 bits per heavy atom. The van der Waals surface area contributed by atoms with Crippen LogP contribution in [0.25, 0.3) is 0 Å². The van der Waals surface area contributed by atoms with E-state index in [0.717, 1.165) is 37.3 Å². The van der Waals surface area contributed by atoms with Crippen LogP contribution in [0.5, 0.6) is 0 Å². The lowest BCUT2D eigenvalue weighted by atomic mass is 9.87. The van der Waals surface area contributed by atoms with Crippen LogP contribution in [0.4, 0.5) is 5.82 Å². The lowest BCUT2D eigenvalue weighted by Crippen LogP contribution is -2.39. The zero-order valence-corrected chi connectivity index (χ0v) is 17.0. The monoisotopic (exact) mass is 388 g/mol. The summed E-state index contributed by atoms with van der Waals surface area (Å²) in [6, 6.07) is 7.18. The van der Waals surface area contributed by atoms with E-state index in [2.05, 4.69) is 40.4 Å². The van der Waals surface area contributed by atoms with Gasteiger partial charge >= 0.3 is 0 Å². The molecule has 27 heavy (non-hydrogen) atoms. The molecular formula is C20H28N4O2S. The van der Waals surface area contributed by atoms with Crippen LogP contribution < -0.4 is 9.62 Å². The van der Waals surface area contributed by atoms with E-state index in [4.69, 9.17) is 0 Å². The van der Waals surface area contributed by atoms with Crippen LogP contribution in [0.3, 0.4) is 0 Å². The molecule has 1 fully saturated rings. The van der Waals surface area contributed by atoms with Crippen LogP contribution in [-0.2, 0) is 15.4 Å². The maximum absolute atomic E-state index is 12.6. The van der Waals surface area contributed by atoms with Gasteiger partial charge in [0.1, 0.15) is 5.82 Å². The van der Waals surface area contributed by atoms with Gasteiger partial charge in [-0.05, 0) is 41.9 Å². The standard InChI is InChI=1S/C20H28N4O2S/c1-20(2,3)17-4-6-18(7-5-17)27(25,26)23-14-16-8-12-24(13-9-16)19-15-21-10-11-22-19/h4-7,10-11,15-16,23H,8-9,12-14H2,1-3H3. The molecule has 146 valence electrons. The average molecular weight is 389 g/mol. The summed E-state index contributed by atoms with van der Waals surface area (Å²) in [5, 5.41) is 0. The van der Waals surface area contributed by atoms with E-state index in [1.165, 1.54) is 0 Å². The third-order valence-corrected chi connectivity index (χ3v) is 6.52. The second kappa shape index (κ2) is 7.94. The number of nitrogens with zero attached hydrogens (tertiary/aromatic N) is 3. The first-order chi connectivity index (χ1) is 12.8. The van der Waals surface area contributed by atoms with Gasteiger partial charge in [-0.3, -0.25) is 4.98 Å². The van der Waals surface area contributed by atoms with Crippen molar-refractivity contribution in [1.82, 2.24) is 14.7 Å². The third kappa shape index (κ3) is 5.05. The molecule has 0 amide bonds. The Kier molecular flexibility index (Phi) is 5.81. The summed E-state index contributed by atoms with van der Waals surface area (Å²) < 4.78 is 27.9. The molecule has 0 bridgehead atoms. The van der Waals surface area contributed by atoms with Gasteiger partial charge in [0, 0.05) is 32.0 Å². The second-order valence-corrected chi connectivity index (χ2v) is 9.89. The highest BCUT2D eigenvalue weighted by atomic mass is 32.2. The maximum Gasteiger partial charge on any atom is 0.240 e. The molecule has 0 saturated carbocycles. The minimum atomic E-state index is -3.47. The SMILES string of the molecule is CC(C)(C)c1ccc(S(=O)(=O)NCC2CCN(c3cnccn3)CC2)cc1.